The maximum absolute atomic E-state index is 3.19. The van der Waals surface area contributed by atoms with Gasteiger partial charge in [-0.05, 0) is 25.1 Å². The summed E-state index contributed by atoms with van der Waals surface area (Å²) in [6.07, 6.45) is 14.7. The van der Waals surface area contributed by atoms with E-state index in [1.165, 1.54) is 12.8 Å². The van der Waals surface area contributed by atoms with Gasteiger partial charge >= 0.3 is 0 Å². The predicted octanol–water partition coefficient (Wildman–Crippen LogP) is 2.00. The minimum Gasteiger partial charge on any atom is -0.391 e. The summed E-state index contributed by atoms with van der Waals surface area (Å²) in [4.78, 5) is 0. The topological polar surface area (TPSA) is 12.0 Å². The smallest absolute Gasteiger partial charge is 0.0144 e. The fourth-order valence-electron chi connectivity index (χ4n) is 0.832. The van der Waals surface area contributed by atoms with E-state index in [-0.39, 0.29) is 0 Å². The molecule has 0 aromatic heterocycles. The molecule has 1 aliphatic rings. The van der Waals surface area contributed by atoms with E-state index in [1.54, 1.807) is 0 Å². The first-order valence-corrected chi connectivity index (χ1v) is 3.72. The summed E-state index contributed by atoms with van der Waals surface area (Å²) in [5.74, 6) is 0. The van der Waals surface area contributed by atoms with Crippen LogP contribution in [0.4, 0.5) is 0 Å². The van der Waals surface area contributed by atoms with Crippen LogP contribution >= 0.6 is 0 Å². The molecule has 1 heterocycles. The zero-order valence-corrected chi connectivity index (χ0v) is 6.09. The van der Waals surface area contributed by atoms with Crippen LogP contribution in [0.2, 0.25) is 0 Å². The number of rotatable bonds is 0. The quantitative estimate of drug-likeness (QED) is 0.535. The molecule has 10 heavy (non-hydrogen) atoms. The van der Waals surface area contributed by atoms with Crippen LogP contribution in [0.1, 0.15) is 12.8 Å². The van der Waals surface area contributed by atoms with Crippen LogP contribution < -0.4 is 5.32 Å². The largest absolute Gasteiger partial charge is 0.391 e. The van der Waals surface area contributed by atoms with Gasteiger partial charge in [0.1, 0.15) is 0 Å². The van der Waals surface area contributed by atoms with E-state index in [4.69, 9.17) is 0 Å². The molecular weight excluding hydrogens is 122 g/mol. The molecule has 0 saturated heterocycles. The zero-order chi connectivity index (χ0) is 7.07. The molecule has 0 fully saturated rings. The first kappa shape index (κ1) is 7.13. The van der Waals surface area contributed by atoms with Gasteiger partial charge in [-0.2, -0.15) is 0 Å². The Morgan fingerprint density at radius 1 is 1.00 bits per heavy atom. The van der Waals surface area contributed by atoms with E-state index in [0.717, 1.165) is 6.54 Å². The Bertz CT molecular complexity index is 136. The molecule has 1 rings (SSSR count). The van der Waals surface area contributed by atoms with Crippen molar-refractivity contribution in [3.8, 4) is 0 Å². The second kappa shape index (κ2) is 4.86. The predicted molar refractivity (Wildman–Crippen MR) is 44.7 cm³/mol. The molecule has 1 nitrogen and oxygen atoms in total. The van der Waals surface area contributed by atoms with Crippen molar-refractivity contribution in [3.05, 3.63) is 36.6 Å². The molecule has 0 aromatic rings. The molecular formula is C9H13N. The lowest BCUT2D eigenvalue weighted by molar-refractivity contribution is 0.764. The third kappa shape index (κ3) is 3.13. The molecule has 0 bridgehead atoms. The Hall–Kier alpha value is -0.980. The Morgan fingerprint density at radius 3 is 2.90 bits per heavy atom. The molecule has 0 spiro atoms. The third-order valence-electron chi connectivity index (χ3n) is 1.38. The summed E-state index contributed by atoms with van der Waals surface area (Å²) in [5, 5.41) is 3.19. The monoisotopic (exact) mass is 135 g/mol. The second-order valence-corrected chi connectivity index (χ2v) is 2.27. The highest BCUT2D eigenvalue weighted by Gasteiger charge is 1.80. The first-order chi connectivity index (χ1) is 5.00. The molecule has 0 unspecified atom stereocenters. The lowest BCUT2D eigenvalue weighted by Gasteiger charge is -1.97. The molecule has 0 aliphatic carbocycles. The second-order valence-electron chi connectivity index (χ2n) is 2.27. The normalized spacial score (nSPS) is 21.6. The Labute approximate surface area is 62.1 Å². The van der Waals surface area contributed by atoms with E-state index in [9.17, 15) is 0 Å². The molecule has 0 radical (unpaired) electrons. The average molecular weight is 135 g/mol. The molecule has 1 N–H and O–H groups in total. The van der Waals surface area contributed by atoms with Gasteiger partial charge in [0.05, 0.1) is 0 Å². The molecule has 1 aliphatic heterocycles. The van der Waals surface area contributed by atoms with Crippen molar-refractivity contribution in [2.45, 2.75) is 12.8 Å². The molecule has 1 heteroatoms. The summed E-state index contributed by atoms with van der Waals surface area (Å²) in [6.45, 7) is 1.08. The maximum atomic E-state index is 3.19. The summed E-state index contributed by atoms with van der Waals surface area (Å²) in [6, 6.07) is 0. The summed E-state index contributed by atoms with van der Waals surface area (Å²) in [5.41, 5.74) is 0. The van der Waals surface area contributed by atoms with E-state index in [0.29, 0.717) is 0 Å². The van der Waals surface area contributed by atoms with Gasteiger partial charge in [-0.3, -0.25) is 0 Å². The summed E-state index contributed by atoms with van der Waals surface area (Å²) >= 11 is 0. The fourth-order valence-corrected chi connectivity index (χ4v) is 0.832. The molecule has 54 valence electrons. The van der Waals surface area contributed by atoms with Crippen molar-refractivity contribution < 1.29 is 0 Å². The molecule has 0 aromatic carbocycles. The van der Waals surface area contributed by atoms with Gasteiger partial charge in [0.25, 0.3) is 0 Å². The third-order valence-corrected chi connectivity index (χ3v) is 1.38. The van der Waals surface area contributed by atoms with Crippen molar-refractivity contribution in [2.24, 2.45) is 0 Å². The Balaban J connectivity index is 2.40. The minimum atomic E-state index is 1.08. The maximum Gasteiger partial charge on any atom is 0.0144 e. The van der Waals surface area contributed by atoms with Crippen LogP contribution in [-0.2, 0) is 0 Å². The van der Waals surface area contributed by atoms with Crippen molar-refractivity contribution in [2.75, 3.05) is 6.54 Å². The Morgan fingerprint density at radius 2 is 1.90 bits per heavy atom. The number of hydrogen-bond donors (Lipinski definition) is 1. The van der Waals surface area contributed by atoms with Crippen LogP contribution in [-0.4, -0.2) is 6.54 Å². The van der Waals surface area contributed by atoms with Gasteiger partial charge in [0.2, 0.25) is 0 Å². The highest BCUT2D eigenvalue weighted by Crippen LogP contribution is 1.91. The van der Waals surface area contributed by atoms with Crippen LogP contribution in [0.3, 0.4) is 0 Å². The van der Waals surface area contributed by atoms with Gasteiger partial charge in [-0.15, -0.1) is 0 Å². The molecule has 0 amide bonds. The molecule has 0 saturated carbocycles. The van der Waals surface area contributed by atoms with Crippen LogP contribution in [0.15, 0.2) is 36.6 Å². The average Bonchev–Trinajstić information content (AvgIpc) is 2.01. The van der Waals surface area contributed by atoms with Crippen LogP contribution in [0.5, 0.6) is 0 Å². The lowest BCUT2D eigenvalue weighted by Crippen LogP contribution is -2.05. The van der Waals surface area contributed by atoms with Gasteiger partial charge in [0.15, 0.2) is 0 Å². The van der Waals surface area contributed by atoms with Crippen molar-refractivity contribution in [3.63, 3.8) is 0 Å². The number of hydrogen-bond acceptors (Lipinski definition) is 1. The fraction of sp³-hybridized carbons (Fsp3) is 0.333. The summed E-state index contributed by atoms with van der Waals surface area (Å²) in [7, 11) is 0. The van der Waals surface area contributed by atoms with Crippen LogP contribution in [0, 0.1) is 0 Å². The van der Waals surface area contributed by atoms with Gasteiger partial charge < -0.3 is 5.32 Å². The highest BCUT2D eigenvalue weighted by atomic mass is 14.8. The SMILES string of the molecule is C1=C/C=C/CCCNC=C1. The Kier molecular flexibility index (Phi) is 3.46. The standard InChI is InChI=1S/C9H13N/c1-2-4-6-8-10-9-7-5-3-1/h1-4,6,8,10H,5,7,9H2/b3-1+,4-2?,8-6?. The lowest BCUT2D eigenvalue weighted by atomic mass is 10.2. The number of nitrogens with one attached hydrogen (secondary N) is 1. The van der Waals surface area contributed by atoms with Crippen molar-refractivity contribution in [1.29, 1.82) is 0 Å². The van der Waals surface area contributed by atoms with Gasteiger partial charge in [0, 0.05) is 6.54 Å². The van der Waals surface area contributed by atoms with E-state index in [1.807, 2.05) is 24.4 Å². The highest BCUT2D eigenvalue weighted by molar-refractivity contribution is 5.11. The number of allylic oxidation sites excluding steroid dienone is 5. The van der Waals surface area contributed by atoms with E-state index >= 15 is 0 Å². The van der Waals surface area contributed by atoms with E-state index in [2.05, 4.69) is 17.5 Å². The summed E-state index contributed by atoms with van der Waals surface area (Å²) < 4.78 is 0. The zero-order valence-electron chi connectivity index (χ0n) is 6.09. The van der Waals surface area contributed by atoms with Crippen molar-refractivity contribution in [1.82, 2.24) is 5.32 Å². The first-order valence-electron chi connectivity index (χ1n) is 3.72. The van der Waals surface area contributed by atoms with E-state index < -0.39 is 0 Å². The van der Waals surface area contributed by atoms with Gasteiger partial charge in [-0.25, -0.2) is 0 Å². The van der Waals surface area contributed by atoms with Gasteiger partial charge in [-0.1, -0.05) is 24.3 Å². The van der Waals surface area contributed by atoms with Crippen molar-refractivity contribution >= 4 is 0 Å². The molecule has 0 atom stereocenters. The minimum absolute atomic E-state index is 1.08. The van der Waals surface area contributed by atoms with Crippen LogP contribution in [0.25, 0.3) is 0 Å².